The molecule has 1 heterocycles. The number of hydrogen-bond donors (Lipinski definition) is 3. The van der Waals surface area contributed by atoms with Crippen LogP contribution in [-0.4, -0.2) is 24.0 Å². The van der Waals surface area contributed by atoms with Gasteiger partial charge in [0, 0.05) is 17.0 Å². The lowest BCUT2D eigenvalue weighted by Crippen LogP contribution is -2.23. The molecular weight excluding hydrogens is 396 g/mol. The molecule has 1 aliphatic carbocycles. The molecule has 0 aliphatic heterocycles. The topological polar surface area (TPSA) is 78.4 Å². The molecule has 0 fully saturated rings. The smallest absolute Gasteiger partial charge is 0.339 e. The molecule has 3 aromatic rings. The molecule has 5 nitrogen and oxygen atoms in total. The molecule has 0 atom stereocenters. The van der Waals surface area contributed by atoms with Gasteiger partial charge in [0.15, 0.2) is 0 Å². The highest BCUT2D eigenvalue weighted by molar-refractivity contribution is 7.17. The van der Waals surface area contributed by atoms with E-state index < -0.39 is 5.97 Å². The molecule has 3 N–H and O–H groups in total. The fourth-order valence-corrected chi connectivity index (χ4v) is 5.44. The van der Waals surface area contributed by atoms with Crippen molar-refractivity contribution in [2.45, 2.75) is 39.7 Å². The first kappa shape index (κ1) is 20.6. The summed E-state index contributed by atoms with van der Waals surface area (Å²) in [5, 5.41) is 18.4. The fourth-order valence-electron chi connectivity index (χ4n) is 4.24. The molecule has 0 saturated heterocycles. The van der Waals surface area contributed by atoms with Crippen molar-refractivity contribution in [2.75, 3.05) is 12.4 Å². The van der Waals surface area contributed by atoms with Crippen molar-refractivity contribution in [2.24, 2.45) is 5.41 Å². The van der Waals surface area contributed by atoms with E-state index in [9.17, 15) is 14.7 Å². The Balaban J connectivity index is 1.74. The predicted octanol–water partition coefficient (Wildman–Crippen LogP) is 5.09. The molecule has 0 unspecified atom stereocenters. The second-order valence-corrected chi connectivity index (χ2v) is 9.80. The van der Waals surface area contributed by atoms with Crippen LogP contribution in [0.15, 0.2) is 36.4 Å². The third-order valence-corrected chi connectivity index (χ3v) is 7.01. The third kappa shape index (κ3) is 3.85. The lowest BCUT2D eigenvalue weighted by atomic mass is 9.76. The van der Waals surface area contributed by atoms with Crippen LogP contribution in [0.5, 0.6) is 0 Å². The summed E-state index contributed by atoms with van der Waals surface area (Å²) in [7, 11) is 1.84. The summed E-state index contributed by atoms with van der Waals surface area (Å²) >= 11 is 1.41. The molecule has 0 saturated carbocycles. The Morgan fingerprint density at radius 3 is 2.53 bits per heavy atom. The summed E-state index contributed by atoms with van der Waals surface area (Å²) < 4.78 is 0. The highest BCUT2D eigenvalue weighted by Crippen LogP contribution is 2.44. The summed E-state index contributed by atoms with van der Waals surface area (Å²) in [6.07, 6.45) is 2.59. The van der Waals surface area contributed by atoms with Crippen molar-refractivity contribution < 1.29 is 14.7 Å². The van der Waals surface area contributed by atoms with Crippen molar-refractivity contribution in [3.8, 4) is 0 Å². The molecular formula is C24H26N2O3S. The van der Waals surface area contributed by atoms with Gasteiger partial charge in [0.25, 0.3) is 5.91 Å². The number of benzene rings is 2. The van der Waals surface area contributed by atoms with Crippen molar-refractivity contribution in [3.05, 3.63) is 63.5 Å². The lowest BCUT2D eigenvalue weighted by Gasteiger charge is -2.29. The van der Waals surface area contributed by atoms with Gasteiger partial charge in [-0.3, -0.25) is 4.79 Å². The second-order valence-electron chi connectivity index (χ2n) is 8.70. The Morgan fingerprint density at radius 1 is 1.17 bits per heavy atom. The van der Waals surface area contributed by atoms with E-state index in [1.807, 2.05) is 43.4 Å². The quantitative estimate of drug-likeness (QED) is 0.535. The van der Waals surface area contributed by atoms with Gasteiger partial charge in [-0.2, -0.15) is 0 Å². The number of carboxylic acids is 1. The summed E-state index contributed by atoms with van der Waals surface area (Å²) in [4.78, 5) is 26.4. The Labute approximate surface area is 180 Å². The highest BCUT2D eigenvalue weighted by atomic mass is 32.1. The molecule has 0 spiro atoms. The zero-order valence-corrected chi connectivity index (χ0v) is 18.3. The standard InChI is InChI=1S/C24H26N2O3S/c1-24(2)9-8-19-18(12-24)20(23(28)29)22(30-19)26-21(27)17-11-15-7-5-4-6-14(15)10-16(17)13-25-3/h4-7,10-11,25H,8-9,12-13H2,1-3H3,(H,26,27)(H,28,29). The van der Waals surface area contributed by atoms with Gasteiger partial charge in [-0.25, -0.2) is 4.79 Å². The van der Waals surface area contributed by atoms with Crippen LogP contribution in [-0.2, 0) is 19.4 Å². The second kappa shape index (κ2) is 7.85. The van der Waals surface area contributed by atoms with E-state index >= 15 is 0 Å². The van der Waals surface area contributed by atoms with Gasteiger partial charge < -0.3 is 15.7 Å². The lowest BCUT2D eigenvalue weighted by molar-refractivity contribution is 0.0696. The van der Waals surface area contributed by atoms with Gasteiger partial charge in [-0.1, -0.05) is 38.1 Å². The average molecular weight is 423 g/mol. The molecule has 30 heavy (non-hydrogen) atoms. The summed E-state index contributed by atoms with van der Waals surface area (Å²) in [6, 6.07) is 11.8. The Morgan fingerprint density at radius 2 is 1.87 bits per heavy atom. The van der Waals surface area contributed by atoms with E-state index in [1.54, 1.807) is 0 Å². The van der Waals surface area contributed by atoms with Crippen LogP contribution in [0.25, 0.3) is 10.8 Å². The molecule has 4 rings (SSSR count). The Hall–Kier alpha value is -2.70. The van der Waals surface area contributed by atoms with E-state index in [1.165, 1.54) is 11.3 Å². The minimum Gasteiger partial charge on any atom is -0.478 e. The number of anilines is 1. The minimum atomic E-state index is -0.977. The van der Waals surface area contributed by atoms with Crippen molar-refractivity contribution in [1.29, 1.82) is 0 Å². The zero-order chi connectivity index (χ0) is 21.5. The molecule has 1 aliphatic rings. The monoisotopic (exact) mass is 422 g/mol. The number of nitrogens with one attached hydrogen (secondary N) is 2. The van der Waals surface area contributed by atoms with E-state index in [0.29, 0.717) is 17.1 Å². The van der Waals surface area contributed by atoms with Crippen LogP contribution in [0, 0.1) is 5.41 Å². The molecule has 1 aromatic heterocycles. The van der Waals surface area contributed by atoms with Crippen LogP contribution >= 0.6 is 11.3 Å². The number of carbonyl (C=O) groups excluding carboxylic acids is 1. The first-order valence-electron chi connectivity index (χ1n) is 10.1. The first-order chi connectivity index (χ1) is 14.3. The van der Waals surface area contributed by atoms with E-state index in [-0.39, 0.29) is 16.9 Å². The number of carbonyl (C=O) groups is 2. The van der Waals surface area contributed by atoms with Crippen molar-refractivity contribution >= 4 is 39.0 Å². The Bertz CT molecular complexity index is 1150. The molecule has 6 heteroatoms. The van der Waals surface area contributed by atoms with Gasteiger partial charge in [-0.05, 0) is 65.8 Å². The number of aromatic carboxylic acids is 1. The third-order valence-electron chi connectivity index (χ3n) is 5.80. The normalized spacial score (nSPS) is 15.0. The minimum absolute atomic E-state index is 0.0673. The molecule has 2 aromatic carbocycles. The molecule has 156 valence electrons. The number of carboxylic acid groups (broad SMARTS) is 1. The molecule has 0 radical (unpaired) electrons. The number of rotatable bonds is 5. The fraction of sp³-hybridized carbons (Fsp3) is 0.333. The maximum atomic E-state index is 13.2. The summed E-state index contributed by atoms with van der Waals surface area (Å²) in [5.74, 6) is -1.25. The van der Waals surface area contributed by atoms with Gasteiger partial charge >= 0.3 is 5.97 Å². The van der Waals surface area contributed by atoms with Crippen LogP contribution in [0.1, 0.15) is 57.0 Å². The van der Waals surface area contributed by atoms with Crippen LogP contribution in [0.4, 0.5) is 5.00 Å². The van der Waals surface area contributed by atoms with Crippen LogP contribution < -0.4 is 10.6 Å². The van der Waals surface area contributed by atoms with Gasteiger partial charge in [0.05, 0.1) is 5.56 Å². The first-order valence-corrected chi connectivity index (χ1v) is 11.0. The largest absolute Gasteiger partial charge is 0.478 e. The SMILES string of the molecule is CNCc1cc2ccccc2cc1C(=O)Nc1sc2c(c1C(=O)O)CC(C)(C)CC2. The number of thiophene rings is 1. The highest BCUT2D eigenvalue weighted by Gasteiger charge is 2.33. The van der Waals surface area contributed by atoms with Crippen molar-refractivity contribution in [3.63, 3.8) is 0 Å². The average Bonchev–Trinajstić information content (AvgIpc) is 3.03. The molecule has 1 amide bonds. The van der Waals surface area contributed by atoms with Crippen LogP contribution in [0.2, 0.25) is 0 Å². The predicted molar refractivity (Wildman–Crippen MR) is 122 cm³/mol. The van der Waals surface area contributed by atoms with E-state index in [0.717, 1.165) is 46.0 Å². The summed E-state index contributed by atoms with van der Waals surface area (Å²) in [6.45, 7) is 4.88. The van der Waals surface area contributed by atoms with E-state index in [2.05, 4.69) is 24.5 Å². The van der Waals surface area contributed by atoms with E-state index in [4.69, 9.17) is 0 Å². The maximum Gasteiger partial charge on any atom is 0.339 e. The number of amides is 1. The maximum absolute atomic E-state index is 13.2. The van der Waals surface area contributed by atoms with Crippen LogP contribution in [0.3, 0.4) is 0 Å². The van der Waals surface area contributed by atoms with Gasteiger partial charge in [0.2, 0.25) is 0 Å². The van der Waals surface area contributed by atoms with Gasteiger partial charge in [-0.15, -0.1) is 11.3 Å². The van der Waals surface area contributed by atoms with Crippen molar-refractivity contribution in [1.82, 2.24) is 5.32 Å². The number of hydrogen-bond acceptors (Lipinski definition) is 4. The summed E-state index contributed by atoms with van der Waals surface area (Å²) in [5.41, 5.74) is 2.65. The number of fused-ring (bicyclic) bond motifs is 2. The van der Waals surface area contributed by atoms with Gasteiger partial charge in [0.1, 0.15) is 5.00 Å². The zero-order valence-electron chi connectivity index (χ0n) is 17.5. The number of aryl methyl sites for hydroxylation is 1. The Kier molecular flexibility index (Phi) is 5.38. The molecule has 0 bridgehead atoms.